The van der Waals surface area contributed by atoms with Crippen molar-refractivity contribution < 1.29 is 37.0 Å². The molecule has 1 aromatic heterocycles. The van der Waals surface area contributed by atoms with Crippen molar-refractivity contribution in [1.82, 2.24) is 9.47 Å². The number of Topliss-reactive ketones (excluding diaryl/α,β-unsaturated/α-hetero) is 1. The van der Waals surface area contributed by atoms with Crippen LogP contribution in [-0.2, 0) is 22.2 Å². The van der Waals surface area contributed by atoms with E-state index < -0.39 is 23.6 Å². The molecule has 0 radical (unpaired) electrons. The number of esters is 1. The van der Waals surface area contributed by atoms with Gasteiger partial charge in [0, 0.05) is 43.1 Å². The molecule has 0 bridgehead atoms. The molecule has 2 rings (SSSR count). The molecule has 0 atom stereocenters. The quantitative estimate of drug-likeness (QED) is 0.226. The van der Waals surface area contributed by atoms with E-state index in [4.69, 9.17) is 9.47 Å². The molecule has 36 heavy (non-hydrogen) atoms. The first-order valence-electron chi connectivity index (χ1n) is 11.9. The zero-order valence-electron chi connectivity index (χ0n) is 21.3. The second-order valence-electron chi connectivity index (χ2n) is 8.17. The minimum Gasteiger partial charge on any atom is -0.461 e. The second kappa shape index (κ2) is 12.7. The van der Waals surface area contributed by atoms with Gasteiger partial charge in [0.25, 0.3) is 5.91 Å². The molecule has 2 aromatic rings. The molecule has 0 unspecified atom stereocenters. The second-order valence-corrected chi connectivity index (χ2v) is 8.17. The average molecular weight is 511 g/mol. The van der Waals surface area contributed by atoms with Crippen LogP contribution >= 0.6 is 0 Å². The summed E-state index contributed by atoms with van der Waals surface area (Å²) in [6.45, 7) is 10.1. The Bertz CT molecular complexity index is 1070. The number of alkyl halides is 3. The minimum atomic E-state index is -4.52. The van der Waals surface area contributed by atoms with E-state index in [2.05, 4.69) is 0 Å². The fraction of sp³-hybridized carbons (Fsp3) is 0.500. The van der Waals surface area contributed by atoms with Crippen LogP contribution in [0.3, 0.4) is 0 Å². The molecule has 0 aliphatic carbocycles. The summed E-state index contributed by atoms with van der Waals surface area (Å²) in [4.78, 5) is 40.5. The van der Waals surface area contributed by atoms with Crippen molar-refractivity contribution in [3.63, 3.8) is 0 Å². The van der Waals surface area contributed by atoms with Gasteiger partial charge in [-0.3, -0.25) is 9.59 Å². The van der Waals surface area contributed by atoms with Gasteiger partial charge in [0.15, 0.2) is 5.78 Å². The number of nitrogens with zero attached hydrogens (tertiary/aromatic N) is 2. The van der Waals surface area contributed by atoms with Gasteiger partial charge in [0.2, 0.25) is 0 Å². The number of ether oxygens (including phenoxy) is 2. The number of benzene rings is 1. The lowest BCUT2D eigenvalue weighted by atomic mass is 10.0. The zero-order valence-corrected chi connectivity index (χ0v) is 21.3. The highest BCUT2D eigenvalue weighted by Gasteiger charge is 2.31. The summed E-state index contributed by atoms with van der Waals surface area (Å²) < 4.78 is 51.0. The Labute approximate surface area is 209 Å². The average Bonchev–Trinajstić information content (AvgIpc) is 3.09. The first-order valence-corrected chi connectivity index (χ1v) is 11.9. The van der Waals surface area contributed by atoms with Gasteiger partial charge in [-0.15, -0.1) is 0 Å². The Balaban J connectivity index is 2.37. The van der Waals surface area contributed by atoms with Crippen molar-refractivity contribution in [2.75, 3.05) is 32.9 Å². The van der Waals surface area contributed by atoms with Gasteiger partial charge in [-0.05, 0) is 70.9 Å². The molecule has 0 saturated carbocycles. The van der Waals surface area contributed by atoms with Crippen LogP contribution in [0.4, 0.5) is 13.2 Å². The first kappa shape index (κ1) is 29.1. The molecule has 1 amide bonds. The van der Waals surface area contributed by atoms with Crippen LogP contribution in [0.1, 0.15) is 75.2 Å². The molecule has 0 N–H and O–H groups in total. The summed E-state index contributed by atoms with van der Waals surface area (Å²) in [7, 11) is 0. The largest absolute Gasteiger partial charge is 0.461 e. The lowest BCUT2D eigenvalue weighted by molar-refractivity contribution is -0.137. The maximum atomic E-state index is 13.4. The Morgan fingerprint density at radius 1 is 1.00 bits per heavy atom. The predicted octanol–water partition coefficient (Wildman–Crippen LogP) is 5.07. The number of hydrogen-bond donors (Lipinski definition) is 0. The minimum absolute atomic E-state index is 0.0407. The summed E-state index contributed by atoms with van der Waals surface area (Å²) in [6, 6.07) is 3.89. The fourth-order valence-corrected chi connectivity index (χ4v) is 4.15. The first-order chi connectivity index (χ1) is 17.0. The van der Waals surface area contributed by atoms with Crippen molar-refractivity contribution in [3.8, 4) is 0 Å². The standard InChI is InChI=1S/C26H33F3N2O5/c1-6-31-18(5)22(17(4)23(31)25(34)36-8-3)21(32)16-30(14-9-15-35-7-2)24(33)19-10-12-20(13-11-19)26(27,28)29/h10-13H,6-9,14-16H2,1-5H3. The molecule has 1 heterocycles. The normalized spacial score (nSPS) is 11.4. The third-order valence-electron chi connectivity index (χ3n) is 5.83. The highest BCUT2D eigenvalue weighted by atomic mass is 19.4. The Morgan fingerprint density at radius 2 is 1.64 bits per heavy atom. The van der Waals surface area contributed by atoms with Crippen molar-refractivity contribution in [1.29, 1.82) is 0 Å². The molecule has 0 aliphatic heterocycles. The van der Waals surface area contributed by atoms with Crippen LogP contribution in [0.15, 0.2) is 24.3 Å². The van der Waals surface area contributed by atoms with Gasteiger partial charge >= 0.3 is 12.1 Å². The van der Waals surface area contributed by atoms with Gasteiger partial charge in [-0.25, -0.2) is 4.79 Å². The van der Waals surface area contributed by atoms with E-state index in [0.717, 1.165) is 24.3 Å². The number of amides is 1. The van der Waals surface area contributed by atoms with Crippen molar-refractivity contribution >= 4 is 17.7 Å². The number of carbonyl (C=O) groups excluding carboxylic acids is 3. The number of halogens is 3. The van der Waals surface area contributed by atoms with E-state index in [1.165, 1.54) is 4.90 Å². The van der Waals surface area contributed by atoms with E-state index in [1.807, 2.05) is 13.8 Å². The summed E-state index contributed by atoms with van der Waals surface area (Å²) >= 11 is 0. The molecule has 1 aromatic carbocycles. The van der Waals surface area contributed by atoms with Gasteiger partial charge in [0.1, 0.15) is 5.69 Å². The van der Waals surface area contributed by atoms with Crippen LogP contribution in [0, 0.1) is 13.8 Å². The summed E-state index contributed by atoms with van der Waals surface area (Å²) in [6.07, 6.45) is -4.08. The third-order valence-corrected chi connectivity index (χ3v) is 5.83. The van der Waals surface area contributed by atoms with Crippen molar-refractivity contribution in [2.45, 2.75) is 53.8 Å². The molecule has 7 nitrogen and oxygen atoms in total. The Morgan fingerprint density at radius 3 is 2.17 bits per heavy atom. The van der Waals surface area contributed by atoms with E-state index in [9.17, 15) is 27.6 Å². The molecule has 10 heteroatoms. The highest BCUT2D eigenvalue weighted by Crippen LogP contribution is 2.29. The third kappa shape index (κ3) is 6.75. The molecule has 0 fully saturated rings. The van der Waals surface area contributed by atoms with Crippen LogP contribution in [0.25, 0.3) is 0 Å². The van der Waals surface area contributed by atoms with E-state index in [-0.39, 0.29) is 36.7 Å². The topological polar surface area (TPSA) is 77.8 Å². The number of rotatable bonds is 12. The van der Waals surface area contributed by atoms with E-state index >= 15 is 0 Å². The zero-order chi connectivity index (χ0) is 27.0. The smallest absolute Gasteiger partial charge is 0.416 e. The summed E-state index contributed by atoms with van der Waals surface area (Å²) in [5, 5.41) is 0. The molecule has 198 valence electrons. The van der Waals surface area contributed by atoms with Crippen molar-refractivity contribution in [3.05, 3.63) is 57.9 Å². The maximum absolute atomic E-state index is 13.4. The van der Waals surface area contributed by atoms with Crippen LogP contribution < -0.4 is 0 Å². The van der Waals surface area contributed by atoms with Crippen LogP contribution in [0.2, 0.25) is 0 Å². The van der Waals surface area contributed by atoms with Gasteiger partial charge < -0.3 is 18.9 Å². The Kier molecular flexibility index (Phi) is 10.3. The monoisotopic (exact) mass is 510 g/mol. The lowest BCUT2D eigenvalue weighted by Crippen LogP contribution is -2.37. The van der Waals surface area contributed by atoms with Crippen molar-refractivity contribution in [2.24, 2.45) is 0 Å². The number of ketones is 1. The van der Waals surface area contributed by atoms with Crippen LogP contribution in [0.5, 0.6) is 0 Å². The molecule has 0 spiro atoms. The van der Waals surface area contributed by atoms with Gasteiger partial charge in [-0.1, -0.05) is 0 Å². The summed E-state index contributed by atoms with van der Waals surface area (Å²) in [5.74, 6) is -1.47. The number of carbonyl (C=O) groups is 3. The SMILES string of the molecule is CCOCCCN(CC(=O)c1c(C)c(C(=O)OCC)n(CC)c1C)C(=O)c1ccc(C(F)(F)F)cc1. The predicted molar refractivity (Wildman–Crippen MR) is 128 cm³/mol. The van der Waals surface area contributed by atoms with E-state index in [0.29, 0.717) is 43.0 Å². The molecule has 0 aliphatic rings. The van der Waals surface area contributed by atoms with E-state index in [1.54, 1.807) is 25.3 Å². The lowest BCUT2D eigenvalue weighted by Gasteiger charge is -2.23. The highest BCUT2D eigenvalue weighted by molar-refractivity contribution is 6.06. The van der Waals surface area contributed by atoms with Crippen LogP contribution in [-0.4, -0.2) is 60.0 Å². The number of aromatic nitrogens is 1. The number of hydrogen-bond acceptors (Lipinski definition) is 5. The maximum Gasteiger partial charge on any atom is 0.416 e. The fourth-order valence-electron chi connectivity index (χ4n) is 4.15. The molecular weight excluding hydrogens is 477 g/mol. The van der Waals surface area contributed by atoms with Gasteiger partial charge in [0.05, 0.1) is 18.7 Å². The van der Waals surface area contributed by atoms with Gasteiger partial charge in [-0.2, -0.15) is 13.2 Å². The molecular formula is C26H33F3N2O5. The Hall–Kier alpha value is -3.14. The molecule has 0 saturated heterocycles. The summed E-state index contributed by atoms with van der Waals surface area (Å²) in [5.41, 5.74) is 0.844.